The number of aliphatic imine (C=N–C) groups is 1. The summed E-state index contributed by atoms with van der Waals surface area (Å²) >= 11 is 0. The number of rotatable bonds is 7. The minimum atomic E-state index is 0. The predicted molar refractivity (Wildman–Crippen MR) is 113 cm³/mol. The van der Waals surface area contributed by atoms with Crippen molar-refractivity contribution in [3.8, 4) is 0 Å². The fourth-order valence-corrected chi connectivity index (χ4v) is 3.97. The maximum absolute atomic E-state index is 5.44. The first-order chi connectivity index (χ1) is 11.3. The van der Waals surface area contributed by atoms with Crippen LogP contribution in [0.4, 0.5) is 0 Å². The maximum Gasteiger partial charge on any atom is 0.193 e. The molecule has 5 heteroatoms. The summed E-state index contributed by atoms with van der Waals surface area (Å²) in [5, 5.41) is 3.55. The van der Waals surface area contributed by atoms with Crippen LogP contribution in [0, 0.1) is 11.8 Å². The molecule has 142 valence electrons. The summed E-state index contributed by atoms with van der Waals surface area (Å²) in [5.74, 6) is 2.87. The third kappa shape index (κ3) is 8.37. The number of halogens is 1. The molecule has 1 heterocycles. The van der Waals surface area contributed by atoms with Crippen molar-refractivity contribution < 1.29 is 4.74 Å². The van der Waals surface area contributed by atoms with Gasteiger partial charge in [0, 0.05) is 40.4 Å². The Morgan fingerprint density at radius 3 is 2.38 bits per heavy atom. The Morgan fingerprint density at radius 2 is 1.71 bits per heavy atom. The highest BCUT2D eigenvalue weighted by Crippen LogP contribution is 2.27. The van der Waals surface area contributed by atoms with E-state index in [1.165, 1.54) is 64.2 Å². The second kappa shape index (κ2) is 13.2. The van der Waals surface area contributed by atoms with Crippen LogP contribution in [-0.2, 0) is 4.74 Å². The Labute approximate surface area is 166 Å². The summed E-state index contributed by atoms with van der Waals surface area (Å²) in [6, 6.07) is 0. The molecule has 0 radical (unpaired) electrons. The van der Waals surface area contributed by atoms with E-state index in [0.717, 1.165) is 44.1 Å². The van der Waals surface area contributed by atoms with Crippen LogP contribution in [0.2, 0.25) is 0 Å². The van der Waals surface area contributed by atoms with Crippen LogP contribution in [0.15, 0.2) is 4.99 Å². The van der Waals surface area contributed by atoms with E-state index < -0.39 is 0 Å². The van der Waals surface area contributed by atoms with Crippen molar-refractivity contribution in [1.82, 2.24) is 10.2 Å². The zero-order valence-corrected chi connectivity index (χ0v) is 18.1. The van der Waals surface area contributed by atoms with Crippen molar-refractivity contribution in [2.75, 3.05) is 40.4 Å². The summed E-state index contributed by atoms with van der Waals surface area (Å²) in [6.45, 7) is 4.04. The molecule has 0 atom stereocenters. The van der Waals surface area contributed by atoms with Crippen molar-refractivity contribution in [2.45, 2.75) is 64.2 Å². The summed E-state index contributed by atoms with van der Waals surface area (Å²) in [6.07, 6.45) is 13.6. The lowest BCUT2D eigenvalue weighted by Gasteiger charge is -2.27. The Hall–Kier alpha value is -0.0400. The van der Waals surface area contributed by atoms with E-state index in [1.54, 1.807) is 0 Å². The van der Waals surface area contributed by atoms with Crippen molar-refractivity contribution >= 4 is 29.9 Å². The second-order valence-corrected chi connectivity index (χ2v) is 7.39. The van der Waals surface area contributed by atoms with Crippen LogP contribution in [-0.4, -0.2) is 51.3 Å². The fourth-order valence-electron chi connectivity index (χ4n) is 3.97. The van der Waals surface area contributed by atoms with Gasteiger partial charge in [-0.05, 0) is 43.9 Å². The molecule has 0 aromatic carbocycles. The first kappa shape index (κ1) is 22.0. The molecule has 0 aromatic rings. The van der Waals surface area contributed by atoms with E-state index in [0.29, 0.717) is 0 Å². The van der Waals surface area contributed by atoms with Gasteiger partial charge in [0.2, 0.25) is 0 Å². The minimum absolute atomic E-state index is 0. The SMILES string of the molecule is CN=C(NCCCC1CCCCC1)N(C)CCC1CCOCC1.I. The van der Waals surface area contributed by atoms with Crippen LogP contribution >= 0.6 is 24.0 Å². The van der Waals surface area contributed by atoms with E-state index >= 15 is 0 Å². The number of hydrogen-bond acceptors (Lipinski definition) is 2. The predicted octanol–water partition coefficient (Wildman–Crippen LogP) is 4.29. The highest BCUT2D eigenvalue weighted by atomic mass is 127. The lowest BCUT2D eigenvalue weighted by atomic mass is 9.86. The average molecular weight is 451 g/mol. The monoisotopic (exact) mass is 451 g/mol. The fraction of sp³-hybridized carbons (Fsp3) is 0.947. The molecule has 0 spiro atoms. The number of nitrogens with one attached hydrogen (secondary N) is 1. The Kier molecular flexibility index (Phi) is 12.1. The molecule has 2 fully saturated rings. The Balaban J connectivity index is 0.00000288. The molecule has 1 aliphatic carbocycles. The summed E-state index contributed by atoms with van der Waals surface area (Å²) in [4.78, 5) is 6.73. The van der Waals surface area contributed by atoms with Gasteiger partial charge in [0.1, 0.15) is 0 Å². The van der Waals surface area contributed by atoms with Crippen LogP contribution < -0.4 is 5.32 Å². The molecule has 1 saturated heterocycles. The van der Waals surface area contributed by atoms with Crippen molar-refractivity contribution in [3.63, 3.8) is 0 Å². The molecular formula is C19H38IN3O. The van der Waals surface area contributed by atoms with Crippen LogP contribution in [0.1, 0.15) is 64.2 Å². The lowest BCUT2D eigenvalue weighted by Crippen LogP contribution is -2.40. The van der Waals surface area contributed by atoms with Gasteiger partial charge in [0.25, 0.3) is 0 Å². The van der Waals surface area contributed by atoms with E-state index in [9.17, 15) is 0 Å². The van der Waals surface area contributed by atoms with Crippen molar-refractivity contribution in [1.29, 1.82) is 0 Å². The molecule has 1 aliphatic heterocycles. The van der Waals surface area contributed by atoms with Crippen LogP contribution in [0.5, 0.6) is 0 Å². The van der Waals surface area contributed by atoms with Gasteiger partial charge in [0.05, 0.1) is 0 Å². The number of guanidine groups is 1. The quantitative estimate of drug-likeness (QED) is 0.272. The third-order valence-electron chi connectivity index (χ3n) is 5.58. The molecule has 2 rings (SSSR count). The smallest absolute Gasteiger partial charge is 0.193 e. The topological polar surface area (TPSA) is 36.9 Å². The molecule has 24 heavy (non-hydrogen) atoms. The summed E-state index contributed by atoms with van der Waals surface area (Å²) < 4.78 is 5.44. The van der Waals surface area contributed by atoms with Gasteiger partial charge in [-0.2, -0.15) is 0 Å². The molecule has 0 unspecified atom stereocenters. The lowest BCUT2D eigenvalue weighted by molar-refractivity contribution is 0.0625. The van der Waals surface area contributed by atoms with E-state index in [2.05, 4.69) is 22.3 Å². The standard InChI is InChI=1S/C19H37N3O.HI/c1-20-19(21-13-6-9-17-7-4-3-5-8-17)22(2)14-10-18-11-15-23-16-12-18;/h17-18H,3-16H2,1-2H3,(H,20,21);1H. The third-order valence-corrected chi connectivity index (χ3v) is 5.58. The molecule has 0 amide bonds. The highest BCUT2D eigenvalue weighted by Gasteiger charge is 2.16. The van der Waals surface area contributed by atoms with E-state index in [4.69, 9.17) is 4.74 Å². The molecule has 0 bridgehead atoms. The molecule has 0 aromatic heterocycles. The number of nitrogens with zero attached hydrogens (tertiary/aromatic N) is 2. The molecule has 1 saturated carbocycles. The Morgan fingerprint density at radius 1 is 1.04 bits per heavy atom. The van der Waals surface area contributed by atoms with Gasteiger partial charge >= 0.3 is 0 Å². The van der Waals surface area contributed by atoms with Crippen LogP contribution in [0.25, 0.3) is 0 Å². The van der Waals surface area contributed by atoms with Gasteiger partial charge in [-0.1, -0.05) is 32.1 Å². The number of ether oxygens (including phenoxy) is 1. The zero-order valence-electron chi connectivity index (χ0n) is 15.8. The van der Waals surface area contributed by atoms with Crippen molar-refractivity contribution in [3.05, 3.63) is 0 Å². The van der Waals surface area contributed by atoms with Gasteiger partial charge in [-0.3, -0.25) is 4.99 Å². The summed E-state index contributed by atoms with van der Waals surface area (Å²) in [7, 11) is 4.06. The van der Waals surface area contributed by atoms with Gasteiger partial charge < -0.3 is 15.0 Å². The van der Waals surface area contributed by atoms with Crippen LogP contribution in [0.3, 0.4) is 0 Å². The average Bonchev–Trinajstić information content (AvgIpc) is 2.61. The Bertz CT molecular complexity index is 340. The zero-order chi connectivity index (χ0) is 16.3. The van der Waals surface area contributed by atoms with E-state index in [-0.39, 0.29) is 24.0 Å². The minimum Gasteiger partial charge on any atom is -0.381 e. The highest BCUT2D eigenvalue weighted by molar-refractivity contribution is 14.0. The summed E-state index contributed by atoms with van der Waals surface area (Å²) in [5.41, 5.74) is 0. The first-order valence-electron chi connectivity index (χ1n) is 9.79. The largest absolute Gasteiger partial charge is 0.381 e. The van der Waals surface area contributed by atoms with Gasteiger partial charge in [-0.15, -0.1) is 24.0 Å². The second-order valence-electron chi connectivity index (χ2n) is 7.39. The number of hydrogen-bond donors (Lipinski definition) is 1. The van der Waals surface area contributed by atoms with Crippen molar-refractivity contribution in [2.24, 2.45) is 16.8 Å². The molecule has 2 aliphatic rings. The molecule has 1 N–H and O–H groups in total. The first-order valence-corrected chi connectivity index (χ1v) is 9.79. The van der Waals surface area contributed by atoms with E-state index in [1.807, 2.05) is 7.05 Å². The van der Waals surface area contributed by atoms with Gasteiger partial charge in [-0.25, -0.2) is 0 Å². The van der Waals surface area contributed by atoms with Gasteiger partial charge in [0.15, 0.2) is 5.96 Å². The molecule has 4 nitrogen and oxygen atoms in total. The maximum atomic E-state index is 5.44. The molecular weight excluding hydrogens is 413 g/mol. The normalized spacial score (nSPS) is 20.5.